The number of amides is 1. The molecule has 0 radical (unpaired) electrons. The number of carbonyl (C=O) groups is 1. The molecule has 1 aliphatic heterocycles. The maximum absolute atomic E-state index is 11.4. The number of primary amides is 1. The van der Waals surface area contributed by atoms with Crippen molar-refractivity contribution in [3.8, 4) is 22.6 Å². The van der Waals surface area contributed by atoms with Crippen molar-refractivity contribution < 1.29 is 19.0 Å². The van der Waals surface area contributed by atoms with Gasteiger partial charge in [-0.2, -0.15) is 0 Å². The summed E-state index contributed by atoms with van der Waals surface area (Å²) in [4.78, 5) is 11.4. The van der Waals surface area contributed by atoms with Crippen molar-refractivity contribution in [1.29, 1.82) is 0 Å². The van der Waals surface area contributed by atoms with Gasteiger partial charge in [-0.3, -0.25) is 0 Å². The second-order valence-corrected chi connectivity index (χ2v) is 8.00. The van der Waals surface area contributed by atoms with Crippen molar-refractivity contribution in [3.05, 3.63) is 60.2 Å². The molecule has 5 nitrogen and oxygen atoms in total. The van der Waals surface area contributed by atoms with Gasteiger partial charge in [0.25, 0.3) is 0 Å². The Morgan fingerprint density at radius 2 is 1.76 bits per heavy atom. The Hall–Kier alpha value is -3.21. The lowest BCUT2D eigenvalue weighted by atomic mass is 9.80. The largest absolute Gasteiger partial charge is 0.494 e. The number of hydrogen-bond acceptors (Lipinski definition) is 4. The van der Waals surface area contributed by atoms with Crippen LogP contribution in [0.4, 0.5) is 4.79 Å². The first-order valence-electron chi connectivity index (χ1n) is 9.77. The number of carbonyl (C=O) groups excluding carboxylic acids is 1. The highest BCUT2D eigenvalue weighted by Crippen LogP contribution is 2.46. The van der Waals surface area contributed by atoms with Crippen LogP contribution in [0.3, 0.4) is 0 Å². The molecule has 150 valence electrons. The number of ether oxygens (including phenoxy) is 3. The van der Waals surface area contributed by atoms with Crippen molar-refractivity contribution in [2.24, 2.45) is 11.1 Å². The van der Waals surface area contributed by atoms with E-state index in [0.29, 0.717) is 13.2 Å². The van der Waals surface area contributed by atoms with Gasteiger partial charge in [0, 0.05) is 11.0 Å². The maximum Gasteiger partial charge on any atom is 0.405 e. The normalized spacial score (nSPS) is 17.3. The van der Waals surface area contributed by atoms with Crippen molar-refractivity contribution in [3.63, 3.8) is 0 Å². The Morgan fingerprint density at radius 1 is 1.07 bits per heavy atom. The lowest BCUT2D eigenvalue weighted by Gasteiger charge is -2.38. The zero-order chi connectivity index (χ0) is 20.6. The van der Waals surface area contributed by atoms with Crippen LogP contribution in [-0.2, 0) is 4.74 Å². The highest BCUT2D eigenvalue weighted by atomic mass is 16.6. The molecule has 0 saturated heterocycles. The van der Waals surface area contributed by atoms with Crippen molar-refractivity contribution in [2.45, 2.75) is 26.9 Å². The summed E-state index contributed by atoms with van der Waals surface area (Å²) in [5.41, 5.74) is 7.90. The molecule has 0 fully saturated rings. The zero-order valence-electron chi connectivity index (χ0n) is 16.9. The van der Waals surface area contributed by atoms with Gasteiger partial charge in [0.15, 0.2) is 0 Å². The average Bonchev–Trinajstić information content (AvgIpc) is 2.69. The lowest BCUT2D eigenvalue weighted by Crippen LogP contribution is -2.37. The smallest absolute Gasteiger partial charge is 0.405 e. The molecule has 1 heterocycles. The standard InChI is InChI=1S/C24H25NO4/c1-4-27-19-9-7-16-11-15(5-6-17(16)12-19)18-8-10-20-21(13-18)28-14-24(2,3)22(20)29-23(25)26/h5-13,22H,4,14H2,1-3H3,(H2,25,26). The fourth-order valence-corrected chi connectivity index (χ4v) is 3.81. The average molecular weight is 391 g/mol. The molecule has 3 aromatic carbocycles. The van der Waals surface area contributed by atoms with Crippen LogP contribution >= 0.6 is 0 Å². The summed E-state index contributed by atoms with van der Waals surface area (Å²) < 4.78 is 17.0. The molecule has 0 saturated carbocycles. The summed E-state index contributed by atoms with van der Waals surface area (Å²) in [6.07, 6.45) is -1.22. The van der Waals surface area contributed by atoms with Gasteiger partial charge in [0.2, 0.25) is 0 Å². The molecule has 1 amide bonds. The van der Waals surface area contributed by atoms with Crippen molar-refractivity contribution >= 4 is 16.9 Å². The molecule has 0 spiro atoms. The van der Waals surface area contributed by atoms with Crippen molar-refractivity contribution in [2.75, 3.05) is 13.2 Å². The molecule has 2 N–H and O–H groups in total. The van der Waals surface area contributed by atoms with E-state index in [2.05, 4.69) is 24.3 Å². The van der Waals surface area contributed by atoms with Crippen LogP contribution in [0.1, 0.15) is 32.4 Å². The van der Waals surface area contributed by atoms with E-state index in [1.165, 1.54) is 0 Å². The van der Waals surface area contributed by atoms with E-state index in [4.69, 9.17) is 19.9 Å². The summed E-state index contributed by atoms with van der Waals surface area (Å²) in [5, 5.41) is 2.27. The van der Waals surface area contributed by atoms with Crippen LogP contribution in [0, 0.1) is 5.41 Å². The van der Waals surface area contributed by atoms with Crippen LogP contribution in [-0.4, -0.2) is 19.3 Å². The molecule has 3 aromatic rings. The Balaban J connectivity index is 1.70. The van der Waals surface area contributed by atoms with Gasteiger partial charge in [-0.05, 0) is 53.1 Å². The van der Waals surface area contributed by atoms with Crippen LogP contribution in [0.15, 0.2) is 54.6 Å². The van der Waals surface area contributed by atoms with E-state index in [9.17, 15) is 4.79 Å². The number of hydrogen-bond donors (Lipinski definition) is 1. The van der Waals surface area contributed by atoms with Gasteiger partial charge >= 0.3 is 6.09 Å². The highest BCUT2D eigenvalue weighted by Gasteiger charge is 2.40. The van der Waals surface area contributed by atoms with E-state index in [-0.39, 0.29) is 5.41 Å². The summed E-state index contributed by atoms with van der Waals surface area (Å²) in [7, 11) is 0. The first-order chi connectivity index (χ1) is 13.9. The molecule has 0 bridgehead atoms. The Morgan fingerprint density at radius 3 is 2.52 bits per heavy atom. The fourth-order valence-electron chi connectivity index (χ4n) is 3.81. The van der Waals surface area contributed by atoms with Crippen LogP contribution in [0.2, 0.25) is 0 Å². The zero-order valence-corrected chi connectivity index (χ0v) is 16.9. The van der Waals surface area contributed by atoms with E-state index in [1.54, 1.807) is 0 Å². The first kappa shape index (κ1) is 19.1. The van der Waals surface area contributed by atoms with Gasteiger partial charge in [-0.1, -0.05) is 44.2 Å². The second kappa shape index (κ2) is 7.32. The molecule has 1 unspecified atom stereocenters. The first-order valence-corrected chi connectivity index (χ1v) is 9.77. The minimum absolute atomic E-state index is 0.356. The predicted molar refractivity (Wildman–Crippen MR) is 113 cm³/mol. The van der Waals surface area contributed by atoms with Crippen LogP contribution < -0.4 is 15.2 Å². The third kappa shape index (κ3) is 3.73. The van der Waals surface area contributed by atoms with E-state index >= 15 is 0 Å². The van der Waals surface area contributed by atoms with E-state index < -0.39 is 12.2 Å². The molecule has 0 aromatic heterocycles. The highest BCUT2D eigenvalue weighted by molar-refractivity contribution is 5.88. The summed E-state index contributed by atoms with van der Waals surface area (Å²) in [6, 6.07) is 18.4. The van der Waals surface area contributed by atoms with Crippen molar-refractivity contribution in [1.82, 2.24) is 0 Å². The molecule has 0 aliphatic carbocycles. The maximum atomic E-state index is 11.4. The number of benzene rings is 3. The summed E-state index contributed by atoms with van der Waals surface area (Å²) in [6.45, 7) is 7.07. The Bertz CT molecular complexity index is 1070. The number of rotatable bonds is 4. The molecule has 5 heteroatoms. The SMILES string of the molecule is CCOc1ccc2cc(-c3ccc4c(c3)OCC(C)(C)C4OC(N)=O)ccc2c1. The third-order valence-electron chi connectivity index (χ3n) is 5.30. The summed E-state index contributed by atoms with van der Waals surface area (Å²) >= 11 is 0. The molecular weight excluding hydrogens is 366 g/mol. The van der Waals surface area contributed by atoms with Gasteiger partial charge in [0.1, 0.15) is 17.6 Å². The Kier molecular flexibility index (Phi) is 4.82. The second-order valence-electron chi connectivity index (χ2n) is 8.00. The lowest BCUT2D eigenvalue weighted by molar-refractivity contribution is -0.0176. The molecular formula is C24H25NO4. The minimum Gasteiger partial charge on any atom is -0.494 e. The van der Waals surface area contributed by atoms with Gasteiger partial charge in [0.05, 0.1) is 13.2 Å². The van der Waals surface area contributed by atoms with Gasteiger partial charge < -0.3 is 19.9 Å². The molecule has 1 atom stereocenters. The fraction of sp³-hybridized carbons (Fsp3) is 0.292. The quantitative estimate of drug-likeness (QED) is 0.641. The number of fused-ring (bicyclic) bond motifs is 2. The van der Waals surface area contributed by atoms with Crippen LogP contribution in [0.5, 0.6) is 11.5 Å². The third-order valence-corrected chi connectivity index (χ3v) is 5.30. The van der Waals surface area contributed by atoms with E-state index in [1.807, 2.05) is 51.1 Å². The monoisotopic (exact) mass is 391 g/mol. The Labute approximate surface area is 170 Å². The molecule has 1 aliphatic rings. The predicted octanol–water partition coefficient (Wildman–Crippen LogP) is 5.46. The van der Waals surface area contributed by atoms with E-state index in [0.717, 1.165) is 39.0 Å². The van der Waals surface area contributed by atoms with Crippen LogP contribution in [0.25, 0.3) is 21.9 Å². The minimum atomic E-state index is -0.777. The molecule has 4 rings (SSSR count). The summed E-state index contributed by atoms with van der Waals surface area (Å²) in [5.74, 6) is 1.60. The molecule has 29 heavy (non-hydrogen) atoms. The number of nitrogens with two attached hydrogens (primary N) is 1. The van der Waals surface area contributed by atoms with Gasteiger partial charge in [-0.15, -0.1) is 0 Å². The topological polar surface area (TPSA) is 70.8 Å². The van der Waals surface area contributed by atoms with Gasteiger partial charge in [-0.25, -0.2) is 4.79 Å².